The van der Waals surface area contributed by atoms with Crippen LogP contribution in [-0.2, 0) is 26.2 Å². The van der Waals surface area contributed by atoms with Crippen LogP contribution in [0, 0.1) is 5.82 Å². The van der Waals surface area contributed by atoms with Crippen molar-refractivity contribution in [2.75, 3.05) is 5.32 Å². The van der Waals surface area contributed by atoms with Gasteiger partial charge in [0.15, 0.2) is 0 Å². The predicted molar refractivity (Wildman–Crippen MR) is 71.3 cm³/mol. The van der Waals surface area contributed by atoms with Crippen LogP contribution < -0.4 is 5.32 Å². The maximum absolute atomic E-state index is 13.6. The van der Waals surface area contributed by atoms with Gasteiger partial charge in [0, 0.05) is 25.4 Å². The van der Waals surface area contributed by atoms with E-state index in [0.717, 1.165) is 29.5 Å². The first-order valence-corrected chi connectivity index (χ1v) is 6.43. The fraction of sp³-hybridized carbons (Fsp3) is 0.357. The van der Waals surface area contributed by atoms with E-state index in [9.17, 15) is 17.6 Å². The summed E-state index contributed by atoms with van der Waals surface area (Å²) in [6, 6.07) is 2.31. The third-order valence-corrected chi connectivity index (χ3v) is 3.09. The third kappa shape index (κ3) is 3.53. The van der Waals surface area contributed by atoms with Crippen LogP contribution in [0.4, 0.5) is 23.2 Å². The Morgan fingerprint density at radius 1 is 1.29 bits per heavy atom. The lowest BCUT2D eigenvalue weighted by Crippen LogP contribution is -2.08. The van der Waals surface area contributed by atoms with Crippen LogP contribution in [-0.4, -0.2) is 9.78 Å². The van der Waals surface area contributed by atoms with Crippen molar-refractivity contribution in [3.63, 3.8) is 0 Å². The summed E-state index contributed by atoms with van der Waals surface area (Å²) in [4.78, 5) is 0. The van der Waals surface area contributed by atoms with Crippen molar-refractivity contribution in [2.45, 2.75) is 26.1 Å². The van der Waals surface area contributed by atoms with Crippen LogP contribution in [0.5, 0.6) is 0 Å². The standard InChI is InChI=1S/C14H15F4N3/c1-3-12-9(8-21(2)20-12)7-19-13-6-10(14(16,17)18)4-5-11(13)15/h4-6,8,19H,3,7H2,1-2H3. The summed E-state index contributed by atoms with van der Waals surface area (Å²) >= 11 is 0. The molecule has 2 rings (SSSR count). The van der Waals surface area contributed by atoms with Crippen molar-refractivity contribution < 1.29 is 17.6 Å². The van der Waals surface area contributed by atoms with E-state index in [0.29, 0.717) is 6.42 Å². The van der Waals surface area contributed by atoms with Gasteiger partial charge in [-0.1, -0.05) is 6.92 Å². The SMILES string of the molecule is CCc1nn(C)cc1CNc1cc(C(F)(F)F)ccc1F. The van der Waals surface area contributed by atoms with Crippen LogP contribution in [0.15, 0.2) is 24.4 Å². The van der Waals surface area contributed by atoms with E-state index < -0.39 is 17.6 Å². The molecule has 0 aliphatic heterocycles. The second-order valence-electron chi connectivity index (χ2n) is 4.67. The smallest absolute Gasteiger partial charge is 0.378 e. The van der Waals surface area contributed by atoms with Crippen molar-refractivity contribution >= 4 is 5.69 Å². The summed E-state index contributed by atoms with van der Waals surface area (Å²) in [5.74, 6) is -0.718. The van der Waals surface area contributed by atoms with E-state index in [1.165, 1.54) is 0 Å². The molecular weight excluding hydrogens is 286 g/mol. The minimum absolute atomic E-state index is 0.171. The molecule has 1 aromatic heterocycles. The van der Waals surface area contributed by atoms with Crippen LogP contribution in [0.25, 0.3) is 0 Å². The zero-order valence-electron chi connectivity index (χ0n) is 11.6. The molecule has 0 bridgehead atoms. The maximum Gasteiger partial charge on any atom is 0.416 e. The van der Waals surface area contributed by atoms with Gasteiger partial charge >= 0.3 is 6.18 Å². The minimum Gasteiger partial charge on any atom is -0.378 e. The lowest BCUT2D eigenvalue weighted by atomic mass is 10.1. The Kier molecular flexibility index (Phi) is 4.20. The van der Waals surface area contributed by atoms with Gasteiger partial charge in [-0.15, -0.1) is 0 Å². The second-order valence-corrected chi connectivity index (χ2v) is 4.67. The first-order valence-electron chi connectivity index (χ1n) is 6.43. The van der Waals surface area contributed by atoms with Gasteiger partial charge in [0.2, 0.25) is 0 Å². The number of aryl methyl sites for hydroxylation is 2. The average molecular weight is 301 g/mol. The zero-order chi connectivity index (χ0) is 15.6. The fourth-order valence-corrected chi connectivity index (χ4v) is 2.06. The largest absolute Gasteiger partial charge is 0.416 e. The average Bonchev–Trinajstić information content (AvgIpc) is 2.76. The quantitative estimate of drug-likeness (QED) is 0.872. The Hall–Kier alpha value is -2.05. The molecule has 114 valence electrons. The number of hydrogen-bond donors (Lipinski definition) is 1. The normalized spacial score (nSPS) is 11.7. The molecule has 0 amide bonds. The topological polar surface area (TPSA) is 29.9 Å². The lowest BCUT2D eigenvalue weighted by Gasteiger charge is -2.11. The van der Waals surface area contributed by atoms with Gasteiger partial charge < -0.3 is 5.32 Å². The van der Waals surface area contributed by atoms with Crippen molar-refractivity contribution in [1.29, 1.82) is 0 Å². The molecule has 1 aromatic carbocycles. The van der Waals surface area contributed by atoms with Gasteiger partial charge in [-0.25, -0.2) is 4.39 Å². The van der Waals surface area contributed by atoms with E-state index in [4.69, 9.17) is 0 Å². The summed E-state index contributed by atoms with van der Waals surface area (Å²) in [7, 11) is 1.76. The van der Waals surface area contributed by atoms with Gasteiger partial charge in [0.05, 0.1) is 16.9 Å². The number of anilines is 1. The molecule has 0 saturated carbocycles. The molecule has 0 atom stereocenters. The minimum atomic E-state index is -4.49. The molecule has 0 aliphatic carbocycles. The van der Waals surface area contributed by atoms with Gasteiger partial charge in [-0.2, -0.15) is 18.3 Å². The number of benzene rings is 1. The van der Waals surface area contributed by atoms with Crippen molar-refractivity contribution in [2.24, 2.45) is 7.05 Å². The summed E-state index contributed by atoms with van der Waals surface area (Å²) in [6.45, 7) is 2.14. The van der Waals surface area contributed by atoms with Crippen LogP contribution in [0.2, 0.25) is 0 Å². The van der Waals surface area contributed by atoms with Gasteiger partial charge in [-0.3, -0.25) is 4.68 Å². The highest BCUT2D eigenvalue weighted by Gasteiger charge is 2.31. The molecule has 0 fully saturated rings. The zero-order valence-corrected chi connectivity index (χ0v) is 11.6. The first-order chi connectivity index (χ1) is 9.81. The molecule has 1 heterocycles. The Balaban J connectivity index is 2.19. The molecule has 7 heteroatoms. The summed E-state index contributed by atoms with van der Waals surface area (Å²) in [6.07, 6.45) is -2.03. The first kappa shape index (κ1) is 15.3. The molecule has 0 aliphatic rings. The predicted octanol–water partition coefficient (Wildman–Crippen LogP) is 3.75. The number of nitrogens with zero attached hydrogens (tertiary/aromatic N) is 2. The molecule has 2 aromatic rings. The number of nitrogens with one attached hydrogen (secondary N) is 1. The van der Waals surface area contributed by atoms with E-state index in [2.05, 4.69) is 10.4 Å². The molecule has 1 N–H and O–H groups in total. The molecule has 3 nitrogen and oxygen atoms in total. The van der Waals surface area contributed by atoms with E-state index in [1.54, 1.807) is 17.9 Å². The second kappa shape index (κ2) is 5.75. The van der Waals surface area contributed by atoms with Gasteiger partial charge in [0.25, 0.3) is 0 Å². The Labute approximate surface area is 119 Å². The van der Waals surface area contributed by atoms with E-state index in [1.807, 2.05) is 6.92 Å². The molecule has 0 radical (unpaired) electrons. The number of aromatic nitrogens is 2. The van der Waals surface area contributed by atoms with Crippen molar-refractivity contribution in [3.05, 3.63) is 47.0 Å². The summed E-state index contributed by atoms with van der Waals surface area (Å²) in [5, 5.41) is 6.92. The molecule has 0 unspecified atom stereocenters. The molecular formula is C14H15F4N3. The van der Waals surface area contributed by atoms with E-state index >= 15 is 0 Å². The van der Waals surface area contributed by atoms with Gasteiger partial charge in [0.1, 0.15) is 5.82 Å². The highest BCUT2D eigenvalue weighted by atomic mass is 19.4. The fourth-order valence-electron chi connectivity index (χ4n) is 2.06. The number of hydrogen-bond acceptors (Lipinski definition) is 2. The Morgan fingerprint density at radius 3 is 2.62 bits per heavy atom. The maximum atomic E-state index is 13.6. The van der Waals surface area contributed by atoms with E-state index in [-0.39, 0.29) is 12.2 Å². The lowest BCUT2D eigenvalue weighted by molar-refractivity contribution is -0.137. The third-order valence-electron chi connectivity index (χ3n) is 3.09. The Morgan fingerprint density at radius 2 is 2.00 bits per heavy atom. The molecule has 0 saturated heterocycles. The Bertz CT molecular complexity index is 632. The van der Waals surface area contributed by atoms with Crippen LogP contribution in [0.3, 0.4) is 0 Å². The number of rotatable bonds is 4. The number of halogens is 4. The van der Waals surface area contributed by atoms with Gasteiger partial charge in [-0.05, 0) is 24.6 Å². The number of alkyl halides is 3. The van der Waals surface area contributed by atoms with Crippen molar-refractivity contribution in [1.82, 2.24) is 9.78 Å². The monoisotopic (exact) mass is 301 g/mol. The highest BCUT2D eigenvalue weighted by molar-refractivity contribution is 5.48. The summed E-state index contributed by atoms with van der Waals surface area (Å²) in [5.41, 5.74) is 0.609. The molecule has 0 spiro atoms. The van der Waals surface area contributed by atoms with Crippen LogP contribution in [0.1, 0.15) is 23.7 Å². The molecule has 21 heavy (non-hydrogen) atoms. The van der Waals surface area contributed by atoms with Crippen molar-refractivity contribution in [3.8, 4) is 0 Å². The highest BCUT2D eigenvalue weighted by Crippen LogP contribution is 2.32. The summed E-state index contributed by atoms with van der Waals surface area (Å²) < 4.78 is 53.1. The van der Waals surface area contributed by atoms with Crippen LogP contribution >= 0.6 is 0 Å².